The lowest BCUT2D eigenvalue weighted by atomic mass is 10.0. The van der Waals surface area contributed by atoms with Gasteiger partial charge in [0.15, 0.2) is 0 Å². The van der Waals surface area contributed by atoms with Crippen LogP contribution in [-0.4, -0.2) is 72.0 Å². The van der Waals surface area contributed by atoms with Crippen molar-refractivity contribution in [1.82, 2.24) is 20.1 Å². The van der Waals surface area contributed by atoms with Crippen LogP contribution in [0.4, 0.5) is 4.79 Å². The minimum atomic E-state index is -0.418. The second-order valence-electron chi connectivity index (χ2n) is 8.11. The summed E-state index contributed by atoms with van der Waals surface area (Å²) < 4.78 is 5.01. The molecule has 1 fully saturated rings. The number of hydrogen-bond acceptors (Lipinski definition) is 5. The van der Waals surface area contributed by atoms with Crippen LogP contribution in [0.2, 0.25) is 0 Å². The highest BCUT2D eigenvalue weighted by molar-refractivity contribution is 5.96. The van der Waals surface area contributed by atoms with E-state index in [9.17, 15) is 14.4 Å². The van der Waals surface area contributed by atoms with Crippen molar-refractivity contribution in [2.75, 3.05) is 39.3 Å². The molecule has 1 aromatic heterocycles. The smallest absolute Gasteiger partial charge is 0.409 e. The molecule has 1 aliphatic heterocycles. The molecule has 1 aliphatic rings. The van der Waals surface area contributed by atoms with Gasteiger partial charge < -0.3 is 19.9 Å². The van der Waals surface area contributed by atoms with Crippen LogP contribution in [0.1, 0.15) is 17.4 Å². The normalized spacial score (nSPS) is 13.3. The first-order chi connectivity index (χ1) is 17.0. The molecule has 4 rings (SSSR count). The SMILES string of the molecule is CCOC(=O)N1CCN(C(=O)CNC(=O)c2cc(-c3ccccc3)cc(-c3ccccc3)n2)CC1. The summed E-state index contributed by atoms with van der Waals surface area (Å²) in [6.45, 7) is 3.53. The highest BCUT2D eigenvalue weighted by Crippen LogP contribution is 2.26. The number of carbonyl (C=O) groups excluding carboxylic acids is 3. The summed E-state index contributed by atoms with van der Waals surface area (Å²) in [5.41, 5.74) is 3.65. The Labute approximate surface area is 204 Å². The van der Waals surface area contributed by atoms with Gasteiger partial charge in [-0.3, -0.25) is 9.59 Å². The lowest BCUT2D eigenvalue weighted by Gasteiger charge is -2.34. The zero-order valence-corrected chi connectivity index (χ0v) is 19.6. The number of benzene rings is 2. The molecule has 0 bridgehead atoms. The van der Waals surface area contributed by atoms with Crippen molar-refractivity contribution in [2.45, 2.75) is 6.92 Å². The average molecular weight is 473 g/mol. The fourth-order valence-electron chi connectivity index (χ4n) is 3.91. The summed E-state index contributed by atoms with van der Waals surface area (Å²) in [6, 6.07) is 23.1. The molecule has 2 heterocycles. The first kappa shape index (κ1) is 23.9. The highest BCUT2D eigenvalue weighted by atomic mass is 16.6. The number of rotatable bonds is 6. The number of amides is 3. The van der Waals surface area contributed by atoms with Crippen molar-refractivity contribution in [3.05, 3.63) is 78.5 Å². The number of hydrogen-bond donors (Lipinski definition) is 1. The van der Waals surface area contributed by atoms with E-state index in [1.54, 1.807) is 22.8 Å². The van der Waals surface area contributed by atoms with Gasteiger partial charge in [0.25, 0.3) is 5.91 Å². The summed E-state index contributed by atoms with van der Waals surface area (Å²) in [6.07, 6.45) is -0.369. The molecule has 0 atom stereocenters. The third-order valence-corrected chi connectivity index (χ3v) is 5.79. The van der Waals surface area contributed by atoms with E-state index >= 15 is 0 Å². The van der Waals surface area contributed by atoms with Crippen LogP contribution < -0.4 is 5.32 Å². The van der Waals surface area contributed by atoms with E-state index in [-0.39, 0.29) is 24.2 Å². The molecule has 0 radical (unpaired) electrons. The van der Waals surface area contributed by atoms with Gasteiger partial charge in [-0.25, -0.2) is 9.78 Å². The van der Waals surface area contributed by atoms with Crippen LogP contribution >= 0.6 is 0 Å². The molecule has 0 spiro atoms. The maximum Gasteiger partial charge on any atom is 0.409 e. The third-order valence-electron chi connectivity index (χ3n) is 5.79. The molecule has 0 unspecified atom stereocenters. The second-order valence-corrected chi connectivity index (χ2v) is 8.11. The first-order valence-electron chi connectivity index (χ1n) is 11.7. The Balaban J connectivity index is 1.44. The van der Waals surface area contributed by atoms with E-state index in [2.05, 4.69) is 10.3 Å². The maximum atomic E-state index is 13.0. The largest absolute Gasteiger partial charge is 0.450 e. The maximum absolute atomic E-state index is 13.0. The zero-order valence-electron chi connectivity index (χ0n) is 19.6. The number of nitrogens with one attached hydrogen (secondary N) is 1. The molecule has 0 aliphatic carbocycles. The molecule has 3 aromatic rings. The molecular weight excluding hydrogens is 444 g/mol. The van der Waals surface area contributed by atoms with Crippen LogP contribution in [0.5, 0.6) is 0 Å². The van der Waals surface area contributed by atoms with Crippen molar-refractivity contribution >= 4 is 17.9 Å². The van der Waals surface area contributed by atoms with Gasteiger partial charge in [0, 0.05) is 31.7 Å². The Morgan fingerprint density at radius 2 is 1.43 bits per heavy atom. The van der Waals surface area contributed by atoms with Crippen LogP contribution in [0, 0.1) is 0 Å². The van der Waals surface area contributed by atoms with Gasteiger partial charge in [-0.2, -0.15) is 0 Å². The van der Waals surface area contributed by atoms with Crippen molar-refractivity contribution in [3.8, 4) is 22.4 Å². The van der Waals surface area contributed by atoms with E-state index in [0.717, 1.165) is 16.7 Å². The molecule has 2 aromatic carbocycles. The fourth-order valence-corrected chi connectivity index (χ4v) is 3.91. The van der Waals surface area contributed by atoms with E-state index in [1.165, 1.54) is 0 Å². The van der Waals surface area contributed by atoms with Crippen molar-refractivity contribution < 1.29 is 19.1 Å². The minimum absolute atomic E-state index is 0.143. The van der Waals surface area contributed by atoms with E-state index in [0.29, 0.717) is 38.5 Å². The van der Waals surface area contributed by atoms with Crippen LogP contribution in [0.15, 0.2) is 72.8 Å². The van der Waals surface area contributed by atoms with Gasteiger partial charge in [-0.1, -0.05) is 60.7 Å². The summed E-state index contributed by atoms with van der Waals surface area (Å²) in [7, 11) is 0. The van der Waals surface area contributed by atoms with Crippen molar-refractivity contribution in [3.63, 3.8) is 0 Å². The summed E-state index contributed by atoms with van der Waals surface area (Å²) in [5.74, 6) is -0.622. The number of nitrogens with zero attached hydrogens (tertiary/aromatic N) is 3. The lowest BCUT2D eigenvalue weighted by molar-refractivity contribution is -0.131. The summed E-state index contributed by atoms with van der Waals surface area (Å²) in [4.78, 5) is 45.3. The number of carbonyl (C=O) groups is 3. The summed E-state index contributed by atoms with van der Waals surface area (Å²) in [5, 5.41) is 2.71. The van der Waals surface area contributed by atoms with Crippen molar-refractivity contribution in [1.29, 1.82) is 0 Å². The zero-order chi connectivity index (χ0) is 24.6. The van der Waals surface area contributed by atoms with Crippen LogP contribution in [0.3, 0.4) is 0 Å². The third kappa shape index (κ3) is 6.03. The lowest BCUT2D eigenvalue weighted by Crippen LogP contribution is -2.52. The Bertz CT molecular complexity index is 1120. The number of piperazine rings is 1. The predicted molar refractivity (Wildman–Crippen MR) is 133 cm³/mol. The fraction of sp³-hybridized carbons (Fsp3) is 0.259. The molecule has 0 saturated carbocycles. The Morgan fingerprint density at radius 3 is 2.06 bits per heavy atom. The Morgan fingerprint density at radius 1 is 0.829 bits per heavy atom. The molecule has 35 heavy (non-hydrogen) atoms. The minimum Gasteiger partial charge on any atom is -0.450 e. The van der Waals surface area contributed by atoms with E-state index in [4.69, 9.17) is 4.74 Å². The molecule has 180 valence electrons. The molecule has 8 nitrogen and oxygen atoms in total. The van der Waals surface area contributed by atoms with Gasteiger partial charge in [0.1, 0.15) is 5.69 Å². The molecule has 1 saturated heterocycles. The van der Waals surface area contributed by atoms with Gasteiger partial charge in [-0.15, -0.1) is 0 Å². The van der Waals surface area contributed by atoms with E-state index < -0.39 is 5.91 Å². The average Bonchev–Trinajstić information content (AvgIpc) is 2.92. The quantitative estimate of drug-likeness (QED) is 0.593. The molecule has 3 amide bonds. The molecular formula is C27H28N4O4. The number of ether oxygens (including phenoxy) is 1. The first-order valence-corrected chi connectivity index (χ1v) is 11.7. The van der Waals surface area contributed by atoms with Gasteiger partial charge in [0.2, 0.25) is 5.91 Å². The Hall–Kier alpha value is -4.20. The number of aromatic nitrogens is 1. The molecule has 1 N–H and O–H groups in total. The van der Waals surface area contributed by atoms with E-state index in [1.807, 2.05) is 66.7 Å². The monoisotopic (exact) mass is 472 g/mol. The van der Waals surface area contributed by atoms with Crippen molar-refractivity contribution in [2.24, 2.45) is 0 Å². The van der Waals surface area contributed by atoms with Crippen LogP contribution in [-0.2, 0) is 9.53 Å². The number of pyridine rings is 1. The summed E-state index contributed by atoms with van der Waals surface area (Å²) >= 11 is 0. The highest BCUT2D eigenvalue weighted by Gasteiger charge is 2.25. The Kier molecular flexibility index (Phi) is 7.72. The standard InChI is InChI=1S/C27H28N4O4/c1-2-35-27(34)31-15-13-30(14-16-31)25(32)19-28-26(33)24-18-22(20-9-5-3-6-10-20)17-23(29-24)21-11-7-4-8-12-21/h3-12,17-18H,2,13-16,19H2,1H3,(H,28,33). The van der Waals surface area contributed by atoms with Crippen LogP contribution in [0.25, 0.3) is 22.4 Å². The van der Waals surface area contributed by atoms with Gasteiger partial charge in [0.05, 0.1) is 18.8 Å². The van der Waals surface area contributed by atoms with Gasteiger partial charge >= 0.3 is 6.09 Å². The molecule has 8 heteroatoms. The second kappa shape index (κ2) is 11.3. The topological polar surface area (TPSA) is 91.8 Å². The predicted octanol–water partition coefficient (Wildman–Crippen LogP) is 3.45. The van der Waals surface area contributed by atoms with Gasteiger partial charge in [-0.05, 0) is 30.2 Å².